The Labute approximate surface area is 176 Å². The molecule has 0 aliphatic heterocycles. The number of para-hydroxylation sites is 1. The van der Waals surface area contributed by atoms with Crippen molar-refractivity contribution in [3.8, 4) is 0 Å². The van der Waals surface area contributed by atoms with E-state index < -0.39 is 0 Å². The number of nitrogens with zero attached hydrogens (tertiary/aromatic N) is 3. The van der Waals surface area contributed by atoms with Crippen LogP contribution in [0, 0.1) is 0 Å². The van der Waals surface area contributed by atoms with Gasteiger partial charge in [-0.1, -0.05) is 100 Å². The fourth-order valence-corrected chi connectivity index (χ4v) is 3.81. The largest absolute Gasteiger partial charge is 0.273 e. The summed E-state index contributed by atoms with van der Waals surface area (Å²) < 4.78 is 1.46. The first kappa shape index (κ1) is 23.3. The topological polar surface area (TPSA) is 47.8 Å². The number of aromatic nitrogens is 3. The summed E-state index contributed by atoms with van der Waals surface area (Å²) in [5.41, 5.74) is 1.59. The van der Waals surface area contributed by atoms with Gasteiger partial charge in [0, 0.05) is 6.42 Å². The quantitative estimate of drug-likeness (QED) is 0.218. The minimum Gasteiger partial charge on any atom is -0.273 e. The number of carbonyl (C=O) groups is 1. The van der Waals surface area contributed by atoms with E-state index in [0.29, 0.717) is 6.42 Å². The molecule has 0 aliphatic rings. The van der Waals surface area contributed by atoms with E-state index in [9.17, 15) is 4.79 Å². The molecule has 0 atom stereocenters. The number of benzene rings is 1. The van der Waals surface area contributed by atoms with E-state index in [2.05, 4.69) is 29.4 Å². The van der Waals surface area contributed by atoms with E-state index in [1.807, 2.05) is 24.3 Å². The lowest BCUT2D eigenvalue weighted by Crippen LogP contribution is -2.12. The summed E-state index contributed by atoms with van der Waals surface area (Å²) in [6, 6.07) is 7.62. The first-order chi connectivity index (χ1) is 14.3. The van der Waals surface area contributed by atoms with Gasteiger partial charge in [-0.25, -0.2) is 0 Å². The summed E-state index contributed by atoms with van der Waals surface area (Å²) in [6.45, 7) is 2.10. The molecule has 4 nitrogen and oxygen atoms in total. The van der Waals surface area contributed by atoms with Gasteiger partial charge in [-0.15, -0.1) is 5.10 Å². The van der Waals surface area contributed by atoms with Crippen molar-refractivity contribution in [2.75, 3.05) is 0 Å². The molecular formula is C25H39N3O. The number of allylic oxidation sites excluding steroid dienone is 2. The molecule has 29 heavy (non-hydrogen) atoms. The average Bonchev–Trinajstić information content (AvgIpc) is 3.17. The van der Waals surface area contributed by atoms with Gasteiger partial charge in [0.25, 0.3) is 0 Å². The van der Waals surface area contributed by atoms with Gasteiger partial charge in [-0.2, -0.15) is 4.68 Å². The summed E-state index contributed by atoms with van der Waals surface area (Å²) in [7, 11) is 0. The Morgan fingerprint density at radius 2 is 1.38 bits per heavy atom. The van der Waals surface area contributed by atoms with Crippen LogP contribution < -0.4 is 0 Å². The lowest BCUT2D eigenvalue weighted by atomic mass is 10.0. The van der Waals surface area contributed by atoms with Gasteiger partial charge >= 0.3 is 0 Å². The van der Waals surface area contributed by atoms with Crippen molar-refractivity contribution in [3.63, 3.8) is 0 Å². The van der Waals surface area contributed by atoms with E-state index in [1.165, 1.54) is 81.7 Å². The third-order valence-electron chi connectivity index (χ3n) is 5.59. The molecule has 2 aromatic rings. The Morgan fingerprint density at radius 3 is 2.00 bits per heavy atom. The molecule has 1 heterocycles. The van der Waals surface area contributed by atoms with Gasteiger partial charge in [-0.05, 0) is 38.3 Å². The Bertz CT molecular complexity index is 720. The van der Waals surface area contributed by atoms with Crippen molar-refractivity contribution < 1.29 is 4.79 Å². The van der Waals surface area contributed by atoms with Crippen LogP contribution in [0.2, 0.25) is 0 Å². The van der Waals surface area contributed by atoms with Crippen molar-refractivity contribution in [1.82, 2.24) is 15.0 Å². The molecule has 0 saturated carbocycles. The summed E-state index contributed by atoms with van der Waals surface area (Å²) in [4.78, 5) is 12.3. The van der Waals surface area contributed by atoms with Gasteiger partial charge < -0.3 is 0 Å². The summed E-state index contributed by atoms with van der Waals surface area (Å²) in [5, 5.41) is 8.06. The molecule has 0 amide bonds. The van der Waals surface area contributed by atoms with E-state index in [1.54, 1.807) is 0 Å². The fourth-order valence-electron chi connectivity index (χ4n) is 3.81. The number of hydrogen-bond acceptors (Lipinski definition) is 3. The Kier molecular flexibility index (Phi) is 12.0. The summed E-state index contributed by atoms with van der Waals surface area (Å²) in [5.74, 6) is 0.0560. The van der Waals surface area contributed by atoms with Crippen LogP contribution in [0.15, 0.2) is 36.4 Å². The van der Waals surface area contributed by atoms with Crippen LogP contribution in [0.1, 0.15) is 108 Å². The highest BCUT2D eigenvalue weighted by molar-refractivity contribution is 5.88. The van der Waals surface area contributed by atoms with Crippen LogP contribution in [0.5, 0.6) is 0 Å². The molecule has 0 aliphatic carbocycles. The van der Waals surface area contributed by atoms with Crippen LogP contribution in [0.3, 0.4) is 0 Å². The maximum Gasteiger partial charge on any atom is 0.248 e. The lowest BCUT2D eigenvalue weighted by Gasteiger charge is -2.04. The smallest absolute Gasteiger partial charge is 0.248 e. The molecule has 4 heteroatoms. The maximum atomic E-state index is 12.3. The monoisotopic (exact) mass is 397 g/mol. The molecule has 0 spiro atoms. The van der Waals surface area contributed by atoms with E-state index in [-0.39, 0.29) is 5.91 Å². The molecule has 0 radical (unpaired) electrons. The van der Waals surface area contributed by atoms with Gasteiger partial charge in [0.1, 0.15) is 5.52 Å². The molecule has 0 unspecified atom stereocenters. The predicted molar refractivity (Wildman–Crippen MR) is 122 cm³/mol. The number of fused-ring (bicyclic) bond motifs is 1. The lowest BCUT2D eigenvalue weighted by molar-refractivity contribution is 0.0886. The minimum absolute atomic E-state index is 0.0560. The standard InChI is InChI=1S/C25H39N3O/c1-2-3-4-5-6-7-8-9-10-11-12-13-14-15-16-17-22-25(29)28-24-21-19-18-20-23(24)26-27-28/h2-3,18-21H,4-17,22H2,1H3/b3-2+. The highest BCUT2D eigenvalue weighted by atomic mass is 16.2. The predicted octanol–water partition coefficient (Wildman–Crippen LogP) is 7.50. The fraction of sp³-hybridized carbons (Fsp3) is 0.640. The zero-order valence-electron chi connectivity index (χ0n) is 18.3. The molecule has 0 N–H and O–H groups in total. The van der Waals surface area contributed by atoms with E-state index in [0.717, 1.165) is 23.9 Å². The molecule has 1 aromatic carbocycles. The second-order valence-corrected chi connectivity index (χ2v) is 8.09. The molecule has 0 saturated heterocycles. The zero-order valence-corrected chi connectivity index (χ0v) is 18.3. The second kappa shape index (κ2) is 14.9. The van der Waals surface area contributed by atoms with Crippen molar-refractivity contribution in [1.29, 1.82) is 0 Å². The van der Waals surface area contributed by atoms with Crippen molar-refractivity contribution in [2.45, 2.75) is 103 Å². The first-order valence-corrected chi connectivity index (χ1v) is 11.8. The molecule has 0 fully saturated rings. The Hall–Kier alpha value is -1.97. The first-order valence-electron chi connectivity index (χ1n) is 11.8. The highest BCUT2D eigenvalue weighted by Crippen LogP contribution is 2.15. The summed E-state index contributed by atoms with van der Waals surface area (Å²) in [6.07, 6.45) is 23.3. The minimum atomic E-state index is 0.0560. The molecular weight excluding hydrogens is 358 g/mol. The molecule has 1 aromatic heterocycles. The van der Waals surface area contributed by atoms with Crippen LogP contribution >= 0.6 is 0 Å². The van der Waals surface area contributed by atoms with Gasteiger partial charge in [0.15, 0.2) is 0 Å². The van der Waals surface area contributed by atoms with E-state index >= 15 is 0 Å². The number of unbranched alkanes of at least 4 members (excludes halogenated alkanes) is 13. The zero-order chi connectivity index (χ0) is 20.6. The molecule has 0 bridgehead atoms. The van der Waals surface area contributed by atoms with Crippen LogP contribution in [0.25, 0.3) is 11.0 Å². The summed E-state index contributed by atoms with van der Waals surface area (Å²) >= 11 is 0. The average molecular weight is 398 g/mol. The van der Waals surface area contributed by atoms with Gasteiger partial charge in [0.2, 0.25) is 5.91 Å². The third-order valence-corrected chi connectivity index (χ3v) is 5.59. The number of carbonyl (C=O) groups excluding carboxylic acids is 1. The number of hydrogen-bond donors (Lipinski definition) is 0. The molecule has 160 valence electrons. The Morgan fingerprint density at radius 1 is 0.828 bits per heavy atom. The van der Waals surface area contributed by atoms with Crippen molar-refractivity contribution in [2.24, 2.45) is 0 Å². The van der Waals surface area contributed by atoms with Crippen LogP contribution in [-0.4, -0.2) is 20.9 Å². The molecule has 2 rings (SSSR count). The SMILES string of the molecule is C/C=C/CCCCCCCCCCCCCCCC(=O)n1nnc2ccccc21. The van der Waals surface area contributed by atoms with Crippen molar-refractivity contribution >= 4 is 16.9 Å². The normalized spacial score (nSPS) is 11.6. The van der Waals surface area contributed by atoms with Crippen molar-refractivity contribution in [3.05, 3.63) is 36.4 Å². The maximum absolute atomic E-state index is 12.3. The Balaban J connectivity index is 1.38. The van der Waals surface area contributed by atoms with Gasteiger partial charge in [-0.3, -0.25) is 4.79 Å². The van der Waals surface area contributed by atoms with Gasteiger partial charge in [0.05, 0.1) is 5.52 Å². The van der Waals surface area contributed by atoms with E-state index in [4.69, 9.17) is 0 Å². The highest BCUT2D eigenvalue weighted by Gasteiger charge is 2.10. The third kappa shape index (κ3) is 9.38. The van der Waals surface area contributed by atoms with Crippen LogP contribution in [-0.2, 0) is 0 Å². The second-order valence-electron chi connectivity index (χ2n) is 8.09. The van der Waals surface area contributed by atoms with Crippen LogP contribution in [0.4, 0.5) is 0 Å². The number of rotatable bonds is 16.